The van der Waals surface area contributed by atoms with Crippen LogP contribution in [0.2, 0.25) is 0 Å². The van der Waals surface area contributed by atoms with Gasteiger partial charge in [-0.1, -0.05) is 18.2 Å². The molecule has 1 aromatic heterocycles. The Morgan fingerprint density at radius 3 is 2.92 bits per heavy atom. The van der Waals surface area contributed by atoms with Gasteiger partial charge in [-0.05, 0) is 23.8 Å². The van der Waals surface area contributed by atoms with Crippen molar-refractivity contribution in [2.24, 2.45) is 0 Å². The van der Waals surface area contributed by atoms with E-state index in [0.29, 0.717) is 6.61 Å². The van der Waals surface area contributed by atoms with Gasteiger partial charge in [-0.3, -0.25) is 0 Å². The molecule has 1 fully saturated rings. The molecule has 0 aliphatic carbocycles. The Balaban J connectivity index is 1.62. The Hall–Kier alpha value is -2.11. The Morgan fingerprint density at radius 1 is 1.24 bits per heavy atom. The maximum atomic E-state index is 6.43. The fraction of sp³-hybridized carbons (Fsp3) is 0.450. The highest BCUT2D eigenvalue weighted by atomic mass is 16.5. The predicted molar refractivity (Wildman–Crippen MR) is 95.8 cm³/mol. The van der Waals surface area contributed by atoms with E-state index in [4.69, 9.17) is 14.2 Å². The molecule has 1 aromatic carbocycles. The van der Waals surface area contributed by atoms with Crippen LogP contribution in [0.1, 0.15) is 36.4 Å². The van der Waals surface area contributed by atoms with E-state index in [9.17, 15) is 0 Å². The number of rotatable bonds is 4. The molecule has 4 rings (SSSR count). The zero-order valence-electron chi connectivity index (χ0n) is 14.5. The van der Waals surface area contributed by atoms with E-state index in [2.05, 4.69) is 34.6 Å². The van der Waals surface area contributed by atoms with Gasteiger partial charge >= 0.3 is 0 Å². The third-order valence-corrected chi connectivity index (χ3v) is 5.06. The number of pyridine rings is 1. The summed E-state index contributed by atoms with van der Waals surface area (Å²) in [5, 5.41) is 3.62. The molecule has 3 heterocycles. The summed E-state index contributed by atoms with van der Waals surface area (Å²) < 4.78 is 17.2. The summed E-state index contributed by atoms with van der Waals surface area (Å²) in [6.07, 6.45) is 4.60. The first-order chi connectivity index (χ1) is 12.3. The van der Waals surface area contributed by atoms with Crippen LogP contribution in [0.15, 0.2) is 42.6 Å². The van der Waals surface area contributed by atoms with Gasteiger partial charge in [-0.25, -0.2) is 4.98 Å². The number of anilines is 1. The maximum absolute atomic E-state index is 6.43. The number of para-hydroxylation sites is 1. The highest BCUT2D eigenvalue weighted by Crippen LogP contribution is 2.44. The van der Waals surface area contributed by atoms with E-state index in [-0.39, 0.29) is 11.6 Å². The van der Waals surface area contributed by atoms with Crippen LogP contribution in [0.4, 0.5) is 5.82 Å². The third kappa shape index (κ3) is 3.48. The molecule has 1 N–H and O–H groups in total. The van der Waals surface area contributed by atoms with Crippen molar-refractivity contribution in [3.63, 3.8) is 0 Å². The number of aromatic nitrogens is 1. The highest BCUT2D eigenvalue weighted by Gasteiger charge is 2.42. The van der Waals surface area contributed by atoms with Crippen LogP contribution in [0.25, 0.3) is 0 Å². The molecular formula is C20H24N2O3. The maximum Gasteiger partial charge on any atom is 0.126 e. The molecule has 1 spiro atoms. The molecule has 2 aliphatic rings. The first kappa shape index (κ1) is 16.4. The number of nitrogens with zero attached hydrogens (tertiary/aromatic N) is 1. The number of fused-ring (bicyclic) bond motifs is 1. The number of benzene rings is 1. The van der Waals surface area contributed by atoms with Gasteiger partial charge in [0.1, 0.15) is 17.2 Å². The topological polar surface area (TPSA) is 52.6 Å². The second-order valence-corrected chi connectivity index (χ2v) is 6.82. The number of hydrogen-bond donors (Lipinski definition) is 1. The summed E-state index contributed by atoms with van der Waals surface area (Å²) in [4.78, 5) is 4.49. The normalized spacial score (nSPS) is 21.4. The second-order valence-electron chi connectivity index (χ2n) is 6.82. The zero-order chi connectivity index (χ0) is 17.1. The fourth-order valence-corrected chi connectivity index (χ4v) is 3.78. The molecule has 132 valence electrons. The molecule has 1 saturated heterocycles. The molecular weight excluding hydrogens is 316 g/mol. The van der Waals surface area contributed by atoms with E-state index in [1.165, 1.54) is 5.56 Å². The molecule has 0 amide bonds. The van der Waals surface area contributed by atoms with Crippen molar-refractivity contribution in [3.8, 4) is 5.75 Å². The van der Waals surface area contributed by atoms with Crippen LogP contribution in [0, 0.1) is 0 Å². The Bertz CT molecular complexity index is 728. The summed E-state index contributed by atoms with van der Waals surface area (Å²) in [7, 11) is 1.71. The van der Waals surface area contributed by atoms with Gasteiger partial charge < -0.3 is 19.5 Å². The van der Waals surface area contributed by atoms with Crippen molar-refractivity contribution in [2.75, 3.05) is 25.6 Å². The molecule has 2 aliphatic heterocycles. The first-order valence-electron chi connectivity index (χ1n) is 8.84. The van der Waals surface area contributed by atoms with Gasteiger partial charge in [0, 0.05) is 38.1 Å². The summed E-state index contributed by atoms with van der Waals surface area (Å²) in [5.74, 6) is 1.85. The number of ether oxygens (including phenoxy) is 3. The zero-order valence-corrected chi connectivity index (χ0v) is 14.5. The first-order valence-corrected chi connectivity index (χ1v) is 8.84. The van der Waals surface area contributed by atoms with Gasteiger partial charge in [-0.15, -0.1) is 0 Å². The number of methoxy groups -OCH3 is 1. The van der Waals surface area contributed by atoms with E-state index in [1.54, 1.807) is 7.11 Å². The summed E-state index contributed by atoms with van der Waals surface area (Å²) in [6.45, 7) is 2.11. The SMILES string of the molecule is COCc1ccnc(NC2CC3(CCOCC3)Oc3ccccc32)c1. The average Bonchev–Trinajstić information content (AvgIpc) is 2.63. The Labute approximate surface area is 148 Å². The summed E-state index contributed by atoms with van der Waals surface area (Å²) in [6, 6.07) is 12.5. The largest absolute Gasteiger partial charge is 0.487 e. The summed E-state index contributed by atoms with van der Waals surface area (Å²) >= 11 is 0. The minimum atomic E-state index is -0.144. The molecule has 5 heteroatoms. The van der Waals surface area contributed by atoms with E-state index in [1.807, 2.05) is 18.3 Å². The minimum absolute atomic E-state index is 0.144. The van der Waals surface area contributed by atoms with Crippen molar-refractivity contribution in [1.29, 1.82) is 0 Å². The average molecular weight is 340 g/mol. The van der Waals surface area contributed by atoms with Gasteiger partial charge in [-0.2, -0.15) is 0 Å². The van der Waals surface area contributed by atoms with E-state index >= 15 is 0 Å². The molecule has 2 aromatic rings. The van der Waals surface area contributed by atoms with Crippen molar-refractivity contribution in [3.05, 3.63) is 53.7 Å². The minimum Gasteiger partial charge on any atom is -0.487 e. The van der Waals surface area contributed by atoms with Crippen molar-refractivity contribution in [1.82, 2.24) is 4.98 Å². The van der Waals surface area contributed by atoms with Gasteiger partial charge in [0.2, 0.25) is 0 Å². The quantitative estimate of drug-likeness (QED) is 0.919. The number of nitrogens with one attached hydrogen (secondary N) is 1. The van der Waals surface area contributed by atoms with Crippen molar-refractivity contribution in [2.45, 2.75) is 37.5 Å². The molecule has 1 atom stereocenters. The predicted octanol–water partition coefficient (Wildman–Crippen LogP) is 3.71. The van der Waals surface area contributed by atoms with Crippen molar-refractivity contribution >= 4 is 5.82 Å². The Kier molecular flexibility index (Phi) is 4.59. The van der Waals surface area contributed by atoms with Gasteiger partial charge in [0.05, 0.1) is 25.9 Å². The molecule has 0 bridgehead atoms. The lowest BCUT2D eigenvalue weighted by Crippen LogP contribution is -2.46. The van der Waals surface area contributed by atoms with E-state index in [0.717, 1.165) is 49.6 Å². The van der Waals surface area contributed by atoms with Gasteiger partial charge in [0.15, 0.2) is 0 Å². The van der Waals surface area contributed by atoms with Crippen LogP contribution in [-0.2, 0) is 16.1 Å². The van der Waals surface area contributed by atoms with Crippen molar-refractivity contribution < 1.29 is 14.2 Å². The van der Waals surface area contributed by atoms with Crippen LogP contribution in [0.5, 0.6) is 5.75 Å². The molecule has 0 radical (unpaired) electrons. The summed E-state index contributed by atoms with van der Waals surface area (Å²) in [5.41, 5.74) is 2.16. The van der Waals surface area contributed by atoms with Gasteiger partial charge in [0.25, 0.3) is 0 Å². The molecule has 0 saturated carbocycles. The fourth-order valence-electron chi connectivity index (χ4n) is 3.78. The molecule has 25 heavy (non-hydrogen) atoms. The number of hydrogen-bond acceptors (Lipinski definition) is 5. The van der Waals surface area contributed by atoms with Crippen LogP contribution >= 0.6 is 0 Å². The smallest absolute Gasteiger partial charge is 0.126 e. The lowest BCUT2D eigenvalue weighted by Gasteiger charge is -2.44. The Morgan fingerprint density at radius 2 is 2.08 bits per heavy atom. The van der Waals surface area contributed by atoms with E-state index < -0.39 is 0 Å². The second kappa shape index (κ2) is 7.02. The lowest BCUT2D eigenvalue weighted by molar-refractivity contribution is -0.0608. The molecule has 1 unspecified atom stereocenters. The standard InChI is InChI=1S/C20H24N2O3/c1-23-14-15-6-9-21-19(12-15)22-17-13-20(7-10-24-11-8-20)25-18-5-3-2-4-16(17)18/h2-6,9,12,17H,7-8,10-11,13-14H2,1H3,(H,21,22). The lowest BCUT2D eigenvalue weighted by atomic mass is 9.82. The monoisotopic (exact) mass is 340 g/mol. The van der Waals surface area contributed by atoms with Crippen LogP contribution in [-0.4, -0.2) is 30.9 Å². The van der Waals surface area contributed by atoms with Crippen LogP contribution in [0.3, 0.4) is 0 Å². The van der Waals surface area contributed by atoms with Crippen LogP contribution < -0.4 is 10.1 Å². The third-order valence-electron chi connectivity index (χ3n) is 5.06. The highest BCUT2D eigenvalue weighted by molar-refractivity contribution is 5.46. The molecule has 5 nitrogen and oxygen atoms in total.